The number of benzene rings is 1. The van der Waals surface area contributed by atoms with Gasteiger partial charge in [0, 0.05) is 24.7 Å². The molecule has 0 aliphatic rings. The highest BCUT2D eigenvalue weighted by Crippen LogP contribution is 2.35. The molecule has 0 saturated heterocycles. The minimum atomic E-state index is -3.72. The Morgan fingerprint density at radius 2 is 1.81 bits per heavy atom. The number of nitrogens with two attached hydrogens (primary N) is 1. The lowest BCUT2D eigenvalue weighted by Gasteiger charge is -2.13. The summed E-state index contributed by atoms with van der Waals surface area (Å²) in [5.74, 6) is 0.663. The van der Waals surface area contributed by atoms with Gasteiger partial charge < -0.3 is 15.2 Å². The summed E-state index contributed by atoms with van der Waals surface area (Å²) in [7, 11) is -0.847. The number of methoxy groups -OCH3 is 2. The van der Waals surface area contributed by atoms with E-state index < -0.39 is 10.0 Å². The molecule has 0 radical (unpaired) electrons. The number of nitrogens with one attached hydrogen (secondary N) is 1. The third kappa shape index (κ3) is 5.52. The van der Waals surface area contributed by atoms with Gasteiger partial charge in [-0.25, -0.2) is 13.1 Å². The van der Waals surface area contributed by atoms with Crippen LogP contribution in [0.25, 0.3) is 0 Å². The number of sulfonamides is 1. The van der Waals surface area contributed by atoms with Gasteiger partial charge in [-0.1, -0.05) is 11.6 Å². The van der Waals surface area contributed by atoms with Gasteiger partial charge in [-0.15, -0.1) is 12.4 Å². The second-order valence-electron chi connectivity index (χ2n) is 4.30. The molecule has 1 atom stereocenters. The highest BCUT2D eigenvalue weighted by Gasteiger charge is 2.21. The molecule has 122 valence electrons. The van der Waals surface area contributed by atoms with E-state index >= 15 is 0 Å². The van der Waals surface area contributed by atoms with Gasteiger partial charge in [-0.05, 0) is 13.3 Å². The van der Waals surface area contributed by atoms with E-state index in [4.69, 9.17) is 26.8 Å². The van der Waals surface area contributed by atoms with Crippen molar-refractivity contribution < 1.29 is 17.9 Å². The normalized spacial score (nSPS) is 12.4. The topological polar surface area (TPSA) is 90.7 Å². The molecular formula is C12H20Cl2N2O4S. The Kier molecular flexibility index (Phi) is 8.35. The molecule has 0 aliphatic carbocycles. The molecule has 1 aromatic rings. The molecule has 0 amide bonds. The molecule has 1 aromatic carbocycles. The highest BCUT2D eigenvalue weighted by molar-refractivity contribution is 7.89. The standard InChI is InChI=1S/C12H19ClN2O4S.ClH/c1-8(14)4-5-15-20(16,17)12-7-11(19-3)10(18-2)6-9(12)13;/h6-8,15H,4-5,14H2,1-3H3;1H. The van der Waals surface area contributed by atoms with Crippen LogP contribution in [0.5, 0.6) is 11.5 Å². The van der Waals surface area contributed by atoms with Crippen LogP contribution >= 0.6 is 24.0 Å². The fourth-order valence-corrected chi connectivity index (χ4v) is 3.12. The Balaban J connectivity index is 0.00000400. The molecule has 0 bridgehead atoms. The van der Waals surface area contributed by atoms with Crippen LogP contribution in [0.2, 0.25) is 5.02 Å². The van der Waals surface area contributed by atoms with Crippen LogP contribution in [0.4, 0.5) is 0 Å². The summed E-state index contributed by atoms with van der Waals surface area (Å²) in [4.78, 5) is -0.0542. The van der Waals surface area contributed by atoms with Crippen molar-refractivity contribution in [1.82, 2.24) is 4.72 Å². The van der Waals surface area contributed by atoms with Crippen molar-refractivity contribution in [2.24, 2.45) is 5.73 Å². The molecule has 1 unspecified atom stereocenters. The number of halogens is 2. The zero-order valence-electron chi connectivity index (χ0n) is 12.1. The summed E-state index contributed by atoms with van der Waals surface area (Å²) in [6, 6.07) is 2.65. The van der Waals surface area contributed by atoms with Crippen molar-refractivity contribution in [3.63, 3.8) is 0 Å². The van der Waals surface area contributed by atoms with Gasteiger partial charge in [-0.2, -0.15) is 0 Å². The van der Waals surface area contributed by atoms with E-state index in [-0.39, 0.29) is 34.9 Å². The summed E-state index contributed by atoms with van der Waals surface area (Å²) < 4.78 is 36.9. The summed E-state index contributed by atoms with van der Waals surface area (Å²) in [5.41, 5.74) is 5.58. The molecule has 0 heterocycles. The molecule has 0 saturated carbocycles. The number of rotatable bonds is 7. The second-order valence-corrected chi connectivity index (χ2v) is 6.44. The quantitative estimate of drug-likeness (QED) is 0.775. The molecular weight excluding hydrogens is 339 g/mol. The zero-order valence-corrected chi connectivity index (χ0v) is 14.4. The van der Waals surface area contributed by atoms with Crippen LogP contribution in [0, 0.1) is 0 Å². The monoisotopic (exact) mass is 358 g/mol. The average Bonchev–Trinajstić information content (AvgIpc) is 2.37. The average molecular weight is 359 g/mol. The second kappa shape index (κ2) is 8.65. The fourth-order valence-electron chi connectivity index (χ4n) is 1.54. The van der Waals surface area contributed by atoms with Crippen LogP contribution in [-0.2, 0) is 10.0 Å². The van der Waals surface area contributed by atoms with Crippen LogP contribution < -0.4 is 19.9 Å². The Hall–Kier alpha value is -0.730. The largest absolute Gasteiger partial charge is 0.493 e. The van der Waals surface area contributed by atoms with Crippen molar-refractivity contribution >= 4 is 34.0 Å². The minimum Gasteiger partial charge on any atom is -0.493 e. The van der Waals surface area contributed by atoms with Crippen LogP contribution in [0.1, 0.15) is 13.3 Å². The van der Waals surface area contributed by atoms with Crippen molar-refractivity contribution in [2.75, 3.05) is 20.8 Å². The van der Waals surface area contributed by atoms with Gasteiger partial charge >= 0.3 is 0 Å². The van der Waals surface area contributed by atoms with Gasteiger partial charge in [0.2, 0.25) is 10.0 Å². The molecule has 0 aliphatic heterocycles. The van der Waals surface area contributed by atoms with Crippen molar-refractivity contribution in [3.05, 3.63) is 17.2 Å². The summed E-state index contributed by atoms with van der Waals surface area (Å²) in [5, 5.41) is 0.0657. The van der Waals surface area contributed by atoms with Crippen LogP contribution in [0.15, 0.2) is 17.0 Å². The van der Waals surface area contributed by atoms with E-state index in [1.807, 2.05) is 0 Å². The first-order valence-electron chi connectivity index (χ1n) is 5.98. The van der Waals surface area contributed by atoms with E-state index in [0.717, 1.165) is 0 Å². The maximum Gasteiger partial charge on any atom is 0.242 e. The Labute approximate surface area is 136 Å². The predicted molar refractivity (Wildman–Crippen MR) is 85.3 cm³/mol. The first-order chi connectivity index (χ1) is 9.31. The molecule has 0 aromatic heterocycles. The zero-order chi connectivity index (χ0) is 15.3. The Bertz CT molecular complexity index is 565. The third-order valence-electron chi connectivity index (χ3n) is 2.62. The van der Waals surface area contributed by atoms with Crippen LogP contribution in [0.3, 0.4) is 0 Å². The van der Waals surface area contributed by atoms with Crippen molar-refractivity contribution in [2.45, 2.75) is 24.3 Å². The summed E-state index contributed by atoms with van der Waals surface area (Å²) in [6.07, 6.45) is 0.532. The number of hydrogen-bond acceptors (Lipinski definition) is 5. The maximum atomic E-state index is 12.2. The van der Waals surface area contributed by atoms with E-state index in [0.29, 0.717) is 17.9 Å². The minimum absolute atomic E-state index is 0. The van der Waals surface area contributed by atoms with E-state index in [1.165, 1.54) is 26.4 Å². The van der Waals surface area contributed by atoms with Gasteiger partial charge in [0.15, 0.2) is 11.5 Å². The lowest BCUT2D eigenvalue weighted by atomic mass is 10.3. The van der Waals surface area contributed by atoms with E-state index in [2.05, 4.69) is 4.72 Å². The number of hydrogen-bond donors (Lipinski definition) is 2. The predicted octanol–water partition coefficient (Wildman–Crippen LogP) is 1.79. The Morgan fingerprint density at radius 1 is 1.29 bits per heavy atom. The summed E-state index contributed by atoms with van der Waals surface area (Å²) >= 11 is 5.98. The molecule has 1 rings (SSSR count). The number of ether oxygens (including phenoxy) is 2. The maximum absolute atomic E-state index is 12.2. The molecule has 21 heavy (non-hydrogen) atoms. The van der Waals surface area contributed by atoms with Gasteiger partial charge in [0.1, 0.15) is 4.90 Å². The third-order valence-corrected chi connectivity index (χ3v) is 4.55. The smallest absolute Gasteiger partial charge is 0.242 e. The summed E-state index contributed by atoms with van der Waals surface area (Å²) in [6.45, 7) is 2.04. The lowest BCUT2D eigenvalue weighted by molar-refractivity contribution is 0.354. The molecule has 6 nitrogen and oxygen atoms in total. The van der Waals surface area contributed by atoms with Gasteiger partial charge in [0.25, 0.3) is 0 Å². The van der Waals surface area contributed by atoms with E-state index in [9.17, 15) is 8.42 Å². The highest BCUT2D eigenvalue weighted by atomic mass is 35.5. The van der Waals surface area contributed by atoms with Crippen molar-refractivity contribution in [1.29, 1.82) is 0 Å². The first-order valence-corrected chi connectivity index (χ1v) is 7.84. The SMILES string of the molecule is COc1cc(Cl)c(S(=O)(=O)NCCC(C)N)cc1OC.Cl. The first kappa shape index (κ1) is 20.3. The lowest BCUT2D eigenvalue weighted by Crippen LogP contribution is -2.29. The molecule has 9 heteroatoms. The van der Waals surface area contributed by atoms with E-state index in [1.54, 1.807) is 6.92 Å². The van der Waals surface area contributed by atoms with Gasteiger partial charge in [-0.3, -0.25) is 0 Å². The fraction of sp³-hybridized carbons (Fsp3) is 0.500. The van der Waals surface area contributed by atoms with Crippen LogP contribution in [-0.4, -0.2) is 35.2 Å². The Morgan fingerprint density at radius 3 is 2.29 bits per heavy atom. The van der Waals surface area contributed by atoms with Gasteiger partial charge in [0.05, 0.1) is 19.2 Å². The molecule has 3 N–H and O–H groups in total. The van der Waals surface area contributed by atoms with Crippen molar-refractivity contribution in [3.8, 4) is 11.5 Å². The molecule has 0 spiro atoms. The molecule has 0 fully saturated rings.